The highest BCUT2D eigenvalue weighted by molar-refractivity contribution is 5.72. The number of likely N-dealkylation sites (N-methyl/N-ethyl adjacent to an activating group) is 1. The van der Waals surface area contributed by atoms with Crippen molar-refractivity contribution in [2.45, 2.75) is 26.8 Å². The lowest BCUT2D eigenvalue weighted by Gasteiger charge is -2.21. The fourth-order valence-electron chi connectivity index (χ4n) is 1.21. The van der Waals surface area contributed by atoms with Crippen molar-refractivity contribution in [3.05, 3.63) is 0 Å². The molecule has 0 bridgehead atoms. The average molecular weight is 216 g/mol. The Labute approximate surface area is 93.0 Å². The van der Waals surface area contributed by atoms with Crippen LogP contribution in [0.1, 0.15) is 20.8 Å². The van der Waals surface area contributed by atoms with Crippen molar-refractivity contribution in [3.63, 3.8) is 0 Å². The lowest BCUT2D eigenvalue weighted by Crippen LogP contribution is -2.40. The molecule has 90 valence electrons. The molecular weight excluding hydrogens is 192 g/mol. The number of rotatable bonds is 7. The monoisotopic (exact) mass is 216 g/mol. The van der Waals surface area contributed by atoms with Crippen molar-refractivity contribution in [3.8, 4) is 0 Å². The zero-order valence-corrected chi connectivity index (χ0v) is 10.5. The maximum Gasteiger partial charge on any atom is 0.309 e. The van der Waals surface area contributed by atoms with E-state index in [9.17, 15) is 4.79 Å². The third-order valence-electron chi connectivity index (χ3n) is 2.82. The van der Waals surface area contributed by atoms with Gasteiger partial charge in [0.2, 0.25) is 0 Å². The lowest BCUT2D eigenvalue weighted by molar-refractivity contribution is -0.145. The SMILES string of the molecule is CCN(C)CCNC(C)C(C)C(=O)OC. The van der Waals surface area contributed by atoms with Crippen LogP contribution < -0.4 is 5.32 Å². The van der Waals surface area contributed by atoms with Crippen molar-refractivity contribution < 1.29 is 9.53 Å². The molecule has 0 aliphatic rings. The molecule has 0 aromatic rings. The van der Waals surface area contributed by atoms with Crippen molar-refractivity contribution in [2.75, 3.05) is 33.8 Å². The highest BCUT2D eigenvalue weighted by Gasteiger charge is 2.19. The van der Waals surface area contributed by atoms with Crippen LogP contribution in [0.4, 0.5) is 0 Å². The van der Waals surface area contributed by atoms with E-state index < -0.39 is 0 Å². The standard InChI is InChI=1S/C11H24N2O2/c1-6-13(4)8-7-12-10(3)9(2)11(14)15-5/h9-10,12H,6-8H2,1-5H3. The highest BCUT2D eigenvalue weighted by Crippen LogP contribution is 2.03. The van der Waals surface area contributed by atoms with E-state index in [1.807, 2.05) is 13.8 Å². The van der Waals surface area contributed by atoms with Gasteiger partial charge >= 0.3 is 5.97 Å². The summed E-state index contributed by atoms with van der Waals surface area (Å²) in [4.78, 5) is 13.5. The molecule has 0 aromatic heterocycles. The van der Waals surface area contributed by atoms with E-state index >= 15 is 0 Å². The Bertz CT molecular complexity index is 185. The van der Waals surface area contributed by atoms with Crippen LogP contribution in [0.2, 0.25) is 0 Å². The van der Waals surface area contributed by atoms with E-state index in [1.165, 1.54) is 7.11 Å². The second-order valence-corrected chi connectivity index (χ2v) is 3.95. The van der Waals surface area contributed by atoms with Gasteiger partial charge in [-0.05, 0) is 20.5 Å². The molecule has 0 fully saturated rings. The number of esters is 1. The third-order valence-corrected chi connectivity index (χ3v) is 2.82. The molecule has 0 rings (SSSR count). The molecule has 0 amide bonds. The number of carbonyl (C=O) groups is 1. The number of nitrogens with zero attached hydrogens (tertiary/aromatic N) is 1. The summed E-state index contributed by atoms with van der Waals surface area (Å²) < 4.78 is 4.69. The zero-order valence-electron chi connectivity index (χ0n) is 10.5. The van der Waals surface area contributed by atoms with E-state index in [-0.39, 0.29) is 17.9 Å². The minimum atomic E-state index is -0.154. The minimum Gasteiger partial charge on any atom is -0.469 e. The zero-order chi connectivity index (χ0) is 11.8. The van der Waals surface area contributed by atoms with Gasteiger partial charge in [0.1, 0.15) is 0 Å². The Morgan fingerprint density at radius 2 is 2.07 bits per heavy atom. The van der Waals surface area contributed by atoms with Gasteiger partial charge in [-0.25, -0.2) is 0 Å². The summed E-state index contributed by atoms with van der Waals surface area (Å²) in [7, 11) is 3.51. The number of hydrogen-bond acceptors (Lipinski definition) is 4. The predicted octanol–water partition coefficient (Wildman–Crippen LogP) is 0.725. The van der Waals surface area contributed by atoms with Gasteiger partial charge in [-0.2, -0.15) is 0 Å². The van der Waals surface area contributed by atoms with Gasteiger partial charge in [0.05, 0.1) is 13.0 Å². The van der Waals surface area contributed by atoms with Crippen LogP contribution in [0.5, 0.6) is 0 Å². The molecule has 0 aliphatic carbocycles. The van der Waals surface area contributed by atoms with Crippen LogP contribution in [0.3, 0.4) is 0 Å². The summed E-state index contributed by atoms with van der Waals surface area (Å²) in [5, 5.41) is 3.32. The largest absolute Gasteiger partial charge is 0.469 e. The Hall–Kier alpha value is -0.610. The fraction of sp³-hybridized carbons (Fsp3) is 0.909. The molecule has 0 spiro atoms. The second kappa shape index (κ2) is 7.65. The van der Waals surface area contributed by atoms with Crippen LogP contribution >= 0.6 is 0 Å². The first-order chi connectivity index (χ1) is 7.02. The molecule has 0 aromatic carbocycles. The first kappa shape index (κ1) is 14.4. The van der Waals surface area contributed by atoms with Crippen molar-refractivity contribution in [1.29, 1.82) is 0 Å². The van der Waals surface area contributed by atoms with E-state index in [2.05, 4.69) is 24.2 Å². The minimum absolute atomic E-state index is 0.0954. The van der Waals surface area contributed by atoms with Crippen LogP contribution in [0, 0.1) is 5.92 Å². The molecule has 4 nitrogen and oxygen atoms in total. The first-order valence-electron chi connectivity index (χ1n) is 5.52. The summed E-state index contributed by atoms with van der Waals surface area (Å²) in [6.07, 6.45) is 0. The lowest BCUT2D eigenvalue weighted by atomic mass is 10.0. The van der Waals surface area contributed by atoms with Crippen molar-refractivity contribution in [1.82, 2.24) is 10.2 Å². The molecule has 2 unspecified atom stereocenters. The van der Waals surface area contributed by atoms with Crippen LogP contribution in [0.25, 0.3) is 0 Å². The average Bonchev–Trinajstić information content (AvgIpc) is 2.26. The normalized spacial score (nSPS) is 15.1. The topological polar surface area (TPSA) is 41.6 Å². The first-order valence-corrected chi connectivity index (χ1v) is 5.52. The summed E-state index contributed by atoms with van der Waals surface area (Å²) in [6, 6.07) is 0.155. The van der Waals surface area contributed by atoms with Gasteiger partial charge in [-0.1, -0.05) is 13.8 Å². The molecular formula is C11H24N2O2. The second-order valence-electron chi connectivity index (χ2n) is 3.95. The Morgan fingerprint density at radius 3 is 2.53 bits per heavy atom. The van der Waals surface area contributed by atoms with Gasteiger partial charge < -0.3 is 15.0 Å². The van der Waals surface area contributed by atoms with Crippen LogP contribution in [-0.2, 0) is 9.53 Å². The molecule has 2 atom stereocenters. The number of hydrogen-bond donors (Lipinski definition) is 1. The molecule has 1 N–H and O–H groups in total. The molecule has 4 heteroatoms. The smallest absolute Gasteiger partial charge is 0.309 e. The van der Waals surface area contributed by atoms with Crippen molar-refractivity contribution >= 4 is 5.97 Å². The molecule has 0 radical (unpaired) electrons. The summed E-state index contributed by atoms with van der Waals surface area (Å²) >= 11 is 0. The van der Waals surface area contributed by atoms with E-state index in [0.717, 1.165) is 19.6 Å². The highest BCUT2D eigenvalue weighted by atomic mass is 16.5. The molecule has 0 heterocycles. The summed E-state index contributed by atoms with van der Waals surface area (Å²) in [5.74, 6) is -0.249. The van der Waals surface area contributed by atoms with Crippen LogP contribution in [0.15, 0.2) is 0 Å². The number of nitrogens with one attached hydrogen (secondary N) is 1. The van der Waals surface area contributed by atoms with E-state index in [0.29, 0.717) is 0 Å². The fourth-order valence-corrected chi connectivity index (χ4v) is 1.21. The summed E-state index contributed by atoms with van der Waals surface area (Å²) in [5.41, 5.74) is 0. The Kier molecular flexibility index (Phi) is 7.34. The summed E-state index contributed by atoms with van der Waals surface area (Å²) in [6.45, 7) is 8.95. The third kappa shape index (κ3) is 5.74. The van der Waals surface area contributed by atoms with E-state index in [1.54, 1.807) is 0 Å². The molecule has 0 aliphatic heterocycles. The number of methoxy groups -OCH3 is 1. The number of ether oxygens (including phenoxy) is 1. The molecule has 15 heavy (non-hydrogen) atoms. The Morgan fingerprint density at radius 1 is 1.47 bits per heavy atom. The van der Waals surface area contributed by atoms with Gasteiger partial charge in [0, 0.05) is 19.1 Å². The van der Waals surface area contributed by atoms with Gasteiger partial charge in [-0.15, -0.1) is 0 Å². The maximum absolute atomic E-state index is 11.2. The maximum atomic E-state index is 11.2. The van der Waals surface area contributed by atoms with Gasteiger partial charge in [0.15, 0.2) is 0 Å². The molecule has 0 saturated heterocycles. The van der Waals surface area contributed by atoms with Crippen LogP contribution in [-0.4, -0.2) is 50.7 Å². The molecule has 0 saturated carbocycles. The van der Waals surface area contributed by atoms with Crippen molar-refractivity contribution in [2.24, 2.45) is 5.92 Å². The van der Waals surface area contributed by atoms with Gasteiger partial charge in [0.25, 0.3) is 0 Å². The van der Waals surface area contributed by atoms with E-state index in [4.69, 9.17) is 4.74 Å². The van der Waals surface area contributed by atoms with Gasteiger partial charge in [-0.3, -0.25) is 4.79 Å². The number of carbonyl (C=O) groups excluding carboxylic acids is 1. The quantitative estimate of drug-likeness (QED) is 0.637. The Balaban J connectivity index is 3.73. The predicted molar refractivity (Wildman–Crippen MR) is 61.8 cm³/mol.